The van der Waals surface area contributed by atoms with Gasteiger partial charge < -0.3 is 5.32 Å². The van der Waals surface area contributed by atoms with Gasteiger partial charge in [-0.2, -0.15) is 11.3 Å². The van der Waals surface area contributed by atoms with E-state index in [0.29, 0.717) is 0 Å². The molecule has 2 heterocycles. The van der Waals surface area contributed by atoms with Gasteiger partial charge in [0.1, 0.15) is 5.01 Å². The molecule has 2 aromatic heterocycles. The molecule has 0 spiro atoms. The van der Waals surface area contributed by atoms with E-state index in [1.807, 2.05) is 16.8 Å². The van der Waals surface area contributed by atoms with Gasteiger partial charge in [0.2, 0.25) is 5.91 Å². The summed E-state index contributed by atoms with van der Waals surface area (Å²) in [4.78, 5) is 17.0. The van der Waals surface area contributed by atoms with Crippen LogP contribution in [0.5, 0.6) is 0 Å². The first-order chi connectivity index (χ1) is 13.3. The highest BCUT2D eigenvalue weighted by atomic mass is 32.1. The minimum absolute atomic E-state index is 0.0346. The van der Waals surface area contributed by atoms with E-state index in [-0.39, 0.29) is 12.3 Å². The Balaban J connectivity index is 1.29. The third-order valence-corrected chi connectivity index (χ3v) is 6.36. The van der Waals surface area contributed by atoms with Gasteiger partial charge in [-0.3, -0.25) is 4.79 Å². The summed E-state index contributed by atoms with van der Waals surface area (Å²) in [5.41, 5.74) is 7.96. The maximum absolute atomic E-state index is 12.5. The molecule has 1 aliphatic rings. The van der Waals surface area contributed by atoms with Crippen LogP contribution in [0.1, 0.15) is 16.8 Å². The van der Waals surface area contributed by atoms with E-state index in [0.717, 1.165) is 28.4 Å². The summed E-state index contributed by atoms with van der Waals surface area (Å²) in [5, 5.41) is 10.1. The highest BCUT2D eigenvalue weighted by molar-refractivity contribution is 7.14. The summed E-state index contributed by atoms with van der Waals surface area (Å²) >= 11 is 3.23. The Morgan fingerprint density at radius 3 is 2.81 bits per heavy atom. The molecule has 0 radical (unpaired) electrons. The topological polar surface area (TPSA) is 42.0 Å². The van der Waals surface area contributed by atoms with Gasteiger partial charge in [-0.15, -0.1) is 11.3 Å². The zero-order chi connectivity index (χ0) is 18.2. The molecule has 0 bridgehead atoms. The number of hydrogen-bond acceptors (Lipinski definition) is 4. The lowest BCUT2D eigenvalue weighted by Gasteiger charge is -2.07. The second-order valence-electron chi connectivity index (χ2n) is 6.59. The van der Waals surface area contributed by atoms with Gasteiger partial charge in [-0.25, -0.2) is 4.98 Å². The van der Waals surface area contributed by atoms with Crippen molar-refractivity contribution in [2.45, 2.75) is 12.8 Å². The van der Waals surface area contributed by atoms with E-state index in [4.69, 9.17) is 0 Å². The van der Waals surface area contributed by atoms with Crippen LogP contribution < -0.4 is 5.32 Å². The highest BCUT2D eigenvalue weighted by Crippen LogP contribution is 2.37. The Morgan fingerprint density at radius 2 is 1.93 bits per heavy atom. The molecular formula is C22H16N2OS2. The summed E-state index contributed by atoms with van der Waals surface area (Å²) in [6, 6.07) is 16.7. The second-order valence-corrected chi connectivity index (χ2v) is 8.22. The zero-order valence-electron chi connectivity index (χ0n) is 14.4. The van der Waals surface area contributed by atoms with E-state index in [9.17, 15) is 4.79 Å². The van der Waals surface area contributed by atoms with Crippen molar-refractivity contribution in [3.8, 4) is 21.7 Å². The predicted molar refractivity (Wildman–Crippen MR) is 112 cm³/mol. The fraction of sp³-hybridized carbons (Fsp3) is 0.0909. The lowest BCUT2D eigenvalue weighted by molar-refractivity contribution is -0.115. The number of hydrogen-bond donors (Lipinski definition) is 1. The average molecular weight is 389 g/mol. The van der Waals surface area contributed by atoms with Crippen LogP contribution in [0.25, 0.3) is 21.7 Å². The number of thiophene rings is 1. The Bertz CT molecular complexity index is 1130. The number of benzene rings is 2. The molecule has 5 rings (SSSR count). The highest BCUT2D eigenvalue weighted by Gasteiger charge is 2.18. The smallest absolute Gasteiger partial charge is 0.230 e. The molecular weight excluding hydrogens is 372 g/mol. The number of thiazole rings is 1. The molecule has 5 heteroatoms. The number of nitrogens with one attached hydrogen (secondary N) is 1. The van der Waals surface area contributed by atoms with Gasteiger partial charge in [0.05, 0.1) is 12.1 Å². The second kappa shape index (κ2) is 6.76. The lowest BCUT2D eigenvalue weighted by atomic mass is 10.1. The monoisotopic (exact) mass is 388 g/mol. The number of anilines is 1. The van der Waals surface area contributed by atoms with Crippen molar-refractivity contribution in [2.24, 2.45) is 0 Å². The van der Waals surface area contributed by atoms with Crippen LogP contribution in [-0.4, -0.2) is 10.9 Å². The van der Waals surface area contributed by atoms with Crippen molar-refractivity contribution in [1.29, 1.82) is 0 Å². The van der Waals surface area contributed by atoms with Crippen molar-refractivity contribution in [1.82, 2.24) is 4.98 Å². The SMILES string of the molecule is O=C(Cc1csc(-c2ccsc2)n1)Nc1ccc2c(c1)Cc1ccccc1-2. The van der Waals surface area contributed by atoms with Crippen LogP contribution in [0.15, 0.2) is 64.7 Å². The molecule has 0 unspecified atom stereocenters. The third-order valence-electron chi connectivity index (χ3n) is 4.74. The third kappa shape index (κ3) is 3.20. The quantitative estimate of drug-likeness (QED) is 0.434. The Kier molecular flexibility index (Phi) is 4.11. The molecule has 132 valence electrons. The molecule has 4 aromatic rings. The van der Waals surface area contributed by atoms with Gasteiger partial charge in [0, 0.05) is 22.0 Å². The minimum atomic E-state index is -0.0346. The summed E-state index contributed by atoms with van der Waals surface area (Å²) in [5.74, 6) is -0.0346. The van der Waals surface area contributed by atoms with Crippen molar-refractivity contribution in [2.75, 3.05) is 5.32 Å². The van der Waals surface area contributed by atoms with Gasteiger partial charge >= 0.3 is 0 Å². The number of nitrogens with zero attached hydrogens (tertiary/aromatic N) is 1. The molecule has 3 nitrogen and oxygen atoms in total. The number of carbonyl (C=O) groups excluding carboxylic acids is 1. The molecule has 1 amide bonds. The van der Waals surface area contributed by atoms with Crippen LogP contribution in [0, 0.1) is 0 Å². The number of aromatic nitrogens is 1. The number of amides is 1. The molecule has 0 saturated heterocycles. The predicted octanol–water partition coefficient (Wildman–Crippen LogP) is 5.62. The van der Waals surface area contributed by atoms with Gasteiger partial charge in [0.15, 0.2) is 0 Å². The minimum Gasteiger partial charge on any atom is -0.326 e. The Hall–Kier alpha value is -2.76. The number of rotatable bonds is 4. The molecule has 2 aromatic carbocycles. The maximum atomic E-state index is 12.5. The lowest BCUT2D eigenvalue weighted by Crippen LogP contribution is -2.14. The summed E-state index contributed by atoms with van der Waals surface area (Å²) < 4.78 is 0. The first kappa shape index (κ1) is 16.4. The van der Waals surface area contributed by atoms with E-state index in [2.05, 4.69) is 58.1 Å². The van der Waals surface area contributed by atoms with E-state index >= 15 is 0 Å². The average Bonchev–Trinajstić information content (AvgIpc) is 3.40. The Morgan fingerprint density at radius 1 is 1.04 bits per heavy atom. The van der Waals surface area contributed by atoms with Crippen molar-refractivity contribution in [3.63, 3.8) is 0 Å². The van der Waals surface area contributed by atoms with Gasteiger partial charge in [-0.1, -0.05) is 30.3 Å². The molecule has 0 fully saturated rings. The molecule has 0 aliphatic heterocycles. The summed E-state index contributed by atoms with van der Waals surface area (Å²) in [6.07, 6.45) is 1.21. The van der Waals surface area contributed by atoms with Crippen LogP contribution in [-0.2, 0) is 17.6 Å². The Labute approximate surface area is 165 Å². The van der Waals surface area contributed by atoms with Crippen molar-refractivity contribution < 1.29 is 4.79 Å². The number of carbonyl (C=O) groups is 1. The molecule has 1 aliphatic carbocycles. The first-order valence-electron chi connectivity index (χ1n) is 8.74. The first-order valence-corrected chi connectivity index (χ1v) is 10.6. The van der Waals surface area contributed by atoms with E-state index in [1.54, 1.807) is 22.7 Å². The van der Waals surface area contributed by atoms with Crippen LogP contribution >= 0.6 is 22.7 Å². The van der Waals surface area contributed by atoms with Crippen LogP contribution in [0.3, 0.4) is 0 Å². The standard InChI is InChI=1S/C22H16N2OS2/c25-21(11-18-13-27-22(24-18)15-7-8-26-12-15)23-17-5-6-20-16(10-17)9-14-3-1-2-4-19(14)20/h1-8,10,12-13H,9,11H2,(H,23,25). The van der Waals surface area contributed by atoms with Gasteiger partial charge in [0.25, 0.3) is 0 Å². The summed E-state index contributed by atoms with van der Waals surface area (Å²) in [6.45, 7) is 0. The van der Waals surface area contributed by atoms with Gasteiger partial charge in [-0.05, 0) is 52.3 Å². The zero-order valence-corrected chi connectivity index (χ0v) is 16.1. The molecule has 0 atom stereocenters. The molecule has 1 N–H and O–H groups in total. The molecule has 0 saturated carbocycles. The fourth-order valence-corrected chi connectivity index (χ4v) is 5.03. The fourth-order valence-electron chi connectivity index (χ4n) is 3.50. The maximum Gasteiger partial charge on any atom is 0.230 e. The van der Waals surface area contributed by atoms with Crippen molar-refractivity contribution >= 4 is 34.3 Å². The van der Waals surface area contributed by atoms with E-state index < -0.39 is 0 Å². The number of fused-ring (bicyclic) bond motifs is 3. The van der Waals surface area contributed by atoms with Crippen LogP contribution in [0.2, 0.25) is 0 Å². The van der Waals surface area contributed by atoms with Crippen molar-refractivity contribution in [3.05, 3.63) is 81.5 Å². The molecule has 27 heavy (non-hydrogen) atoms. The normalized spacial score (nSPS) is 11.9. The largest absolute Gasteiger partial charge is 0.326 e. The van der Waals surface area contributed by atoms with E-state index in [1.165, 1.54) is 22.3 Å². The summed E-state index contributed by atoms with van der Waals surface area (Å²) in [7, 11) is 0. The van der Waals surface area contributed by atoms with Crippen LogP contribution in [0.4, 0.5) is 5.69 Å².